The lowest BCUT2D eigenvalue weighted by molar-refractivity contribution is -0.129. The average molecular weight is 290 g/mol. The number of nitrogens with zero attached hydrogens (tertiary/aromatic N) is 1. The molecular weight excluding hydrogens is 266 g/mol. The van der Waals surface area contributed by atoms with E-state index in [4.69, 9.17) is 0 Å². The molecule has 2 atom stereocenters. The van der Waals surface area contributed by atoms with Gasteiger partial charge in [-0.25, -0.2) is 0 Å². The molecule has 2 nitrogen and oxygen atoms in total. The topological polar surface area (TPSA) is 20.3 Å². The molecule has 16 heavy (non-hydrogen) atoms. The van der Waals surface area contributed by atoms with Crippen LogP contribution in [0.1, 0.15) is 46.5 Å². The fourth-order valence-corrected chi connectivity index (χ4v) is 2.75. The molecule has 1 saturated heterocycles. The van der Waals surface area contributed by atoms with Crippen LogP contribution in [-0.2, 0) is 4.79 Å². The van der Waals surface area contributed by atoms with E-state index in [1.165, 1.54) is 12.8 Å². The largest absolute Gasteiger partial charge is 0.340 e. The van der Waals surface area contributed by atoms with Crippen molar-refractivity contribution in [1.29, 1.82) is 0 Å². The van der Waals surface area contributed by atoms with E-state index in [1.807, 2.05) is 0 Å². The maximum absolute atomic E-state index is 11.8. The molecule has 0 saturated carbocycles. The van der Waals surface area contributed by atoms with Crippen LogP contribution in [0, 0.1) is 11.8 Å². The Morgan fingerprint density at radius 1 is 1.38 bits per heavy atom. The van der Waals surface area contributed by atoms with Crippen molar-refractivity contribution in [3.05, 3.63) is 0 Å². The number of rotatable bonds is 6. The molecule has 94 valence electrons. The zero-order chi connectivity index (χ0) is 12.1. The van der Waals surface area contributed by atoms with Crippen molar-refractivity contribution >= 4 is 21.8 Å². The third-order valence-electron chi connectivity index (χ3n) is 3.39. The smallest absolute Gasteiger partial charge is 0.223 e. The second-order valence-electron chi connectivity index (χ2n) is 5.44. The van der Waals surface area contributed by atoms with Gasteiger partial charge in [0.1, 0.15) is 0 Å². The molecule has 0 spiro atoms. The minimum Gasteiger partial charge on any atom is -0.340 e. The second kappa shape index (κ2) is 6.63. The van der Waals surface area contributed by atoms with Crippen molar-refractivity contribution in [2.75, 3.05) is 11.9 Å². The minimum absolute atomic E-state index is 0.349. The SMILES string of the molecule is CC(C)CCCC(C)N1CC(CBr)CC1=O. The van der Waals surface area contributed by atoms with Crippen molar-refractivity contribution in [2.24, 2.45) is 11.8 Å². The summed E-state index contributed by atoms with van der Waals surface area (Å²) < 4.78 is 0. The fourth-order valence-electron chi connectivity index (χ4n) is 2.32. The minimum atomic E-state index is 0.349. The summed E-state index contributed by atoms with van der Waals surface area (Å²) in [5.74, 6) is 1.65. The Morgan fingerprint density at radius 3 is 2.56 bits per heavy atom. The summed E-state index contributed by atoms with van der Waals surface area (Å²) in [7, 11) is 0. The van der Waals surface area contributed by atoms with Gasteiger partial charge in [-0.3, -0.25) is 4.79 Å². The van der Waals surface area contributed by atoms with Crippen molar-refractivity contribution in [3.8, 4) is 0 Å². The molecule has 0 bridgehead atoms. The van der Waals surface area contributed by atoms with E-state index in [2.05, 4.69) is 41.6 Å². The monoisotopic (exact) mass is 289 g/mol. The van der Waals surface area contributed by atoms with Crippen LogP contribution in [0.25, 0.3) is 0 Å². The van der Waals surface area contributed by atoms with Gasteiger partial charge in [0.2, 0.25) is 5.91 Å². The first-order valence-corrected chi connectivity index (χ1v) is 7.52. The van der Waals surface area contributed by atoms with Crippen molar-refractivity contribution < 1.29 is 4.79 Å². The van der Waals surface area contributed by atoms with Crippen molar-refractivity contribution in [2.45, 2.75) is 52.5 Å². The van der Waals surface area contributed by atoms with E-state index in [1.54, 1.807) is 0 Å². The lowest BCUT2D eigenvalue weighted by Gasteiger charge is -2.25. The van der Waals surface area contributed by atoms with Crippen molar-refractivity contribution in [3.63, 3.8) is 0 Å². The first kappa shape index (κ1) is 14.0. The molecule has 1 fully saturated rings. The maximum atomic E-state index is 11.8. The Hall–Kier alpha value is -0.0500. The summed E-state index contributed by atoms with van der Waals surface area (Å²) in [5, 5.41) is 0.952. The number of carbonyl (C=O) groups excluding carboxylic acids is 1. The Balaban J connectivity index is 2.31. The van der Waals surface area contributed by atoms with Gasteiger partial charge in [0.05, 0.1) is 0 Å². The zero-order valence-electron chi connectivity index (χ0n) is 10.7. The van der Waals surface area contributed by atoms with Crippen LogP contribution in [0.15, 0.2) is 0 Å². The highest BCUT2D eigenvalue weighted by Gasteiger charge is 2.31. The summed E-state index contributed by atoms with van der Waals surface area (Å²) in [4.78, 5) is 13.9. The summed E-state index contributed by atoms with van der Waals surface area (Å²) in [5.41, 5.74) is 0. The summed E-state index contributed by atoms with van der Waals surface area (Å²) in [6.45, 7) is 7.65. The van der Waals surface area contributed by atoms with Gasteiger partial charge in [-0.15, -0.1) is 0 Å². The van der Waals surface area contributed by atoms with Gasteiger partial charge < -0.3 is 4.90 Å². The summed E-state index contributed by atoms with van der Waals surface area (Å²) in [6, 6.07) is 0.426. The van der Waals surface area contributed by atoms with E-state index in [-0.39, 0.29) is 0 Å². The maximum Gasteiger partial charge on any atom is 0.223 e. The van der Waals surface area contributed by atoms with E-state index in [0.717, 1.165) is 30.6 Å². The number of likely N-dealkylation sites (tertiary alicyclic amines) is 1. The quantitative estimate of drug-likeness (QED) is 0.686. The highest BCUT2D eigenvalue weighted by molar-refractivity contribution is 9.09. The van der Waals surface area contributed by atoms with E-state index < -0.39 is 0 Å². The Kier molecular flexibility index (Phi) is 5.81. The fraction of sp³-hybridized carbons (Fsp3) is 0.923. The van der Waals surface area contributed by atoms with Crippen molar-refractivity contribution in [1.82, 2.24) is 4.90 Å². The van der Waals surface area contributed by atoms with Crippen LogP contribution in [0.4, 0.5) is 0 Å². The molecule has 1 amide bonds. The molecule has 0 radical (unpaired) electrons. The van der Waals surface area contributed by atoms with Gasteiger partial charge in [-0.2, -0.15) is 0 Å². The Labute approximate surface area is 108 Å². The first-order valence-electron chi connectivity index (χ1n) is 6.40. The molecule has 2 unspecified atom stereocenters. The predicted octanol–water partition coefficient (Wildman–Crippen LogP) is 3.44. The predicted molar refractivity (Wildman–Crippen MR) is 71.8 cm³/mol. The van der Waals surface area contributed by atoms with E-state index >= 15 is 0 Å². The second-order valence-corrected chi connectivity index (χ2v) is 6.09. The number of amides is 1. The average Bonchev–Trinajstić information content (AvgIpc) is 2.59. The third-order valence-corrected chi connectivity index (χ3v) is 4.31. The lowest BCUT2D eigenvalue weighted by atomic mass is 10.0. The van der Waals surface area contributed by atoms with Crippen LogP contribution in [0.3, 0.4) is 0 Å². The standard InChI is InChI=1S/C13H24BrNO/c1-10(2)5-4-6-11(3)15-9-12(8-14)7-13(15)16/h10-12H,4-9H2,1-3H3. The summed E-state index contributed by atoms with van der Waals surface area (Å²) >= 11 is 3.47. The number of carbonyl (C=O) groups is 1. The van der Waals surface area contributed by atoms with Gasteiger partial charge in [-0.05, 0) is 25.2 Å². The van der Waals surface area contributed by atoms with Crippen LogP contribution in [0.5, 0.6) is 0 Å². The van der Waals surface area contributed by atoms with Crippen LogP contribution >= 0.6 is 15.9 Å². The van der Waals surface area contributed by atoms with E-state index in [0.29, 0.717) is 17.9 Å². The van der Waals surface area contributed by atoms with Gasteiger partial charge in [0, 0.05) is 24.3 Å². The molecule has 1 heterocycles. The van der Waals surface area contributed by atoms with Crippen LogP contribution in [0.2, 0.25) is 0 Å². The van der Waals surface area contributed by atoms with Gasteiger partial charge in [-0.1, -0.05) is 42.6 Å². The molecule has 1 rings (SSSR count). The molecule has 1 aliphatic heterocycles. The van der Waals surface area contributed by atoms with Crippen LogP contribution < -0.4 is 0 Å². The van der Waals surface area contributed by atoms with Crippen LogP contribution in [-0.4, -0.2) is 28.7 Å². The molecule has 0 aliphatic carbocycles. The lowest BCUT2D eigenvalue weighted by Crippen LogP contribution is -2.34. The van der Waals surface area contributed by atoms with Gasteiger partial charge in [0.15, 0.2) is 0 Å². The molecular formula is C13H24BrNO. The third kappa shape index (κ3) is 4.08. The highest BCUT2D eigenvalue weighted by atomic mass is 79.9. The molecule has 3 heteroatoms. The Morgan fingerprint density at radius 2 is 2.06 bits per heavy atom. The molecule has 0 N–H and O–H groups in total. The van der Waals surface area contributed by atoms with Gasteiger partial charge in [0.25, 0.3) is 0 Å². The molecule has 0 aromatic heterocycles. The zero-order valence-corrected chi connectivity index (χ0v) is 12.3. The van der Waals surface area contributed by atoms with E-state index in [9.17, 15) is 4.79 Å². The normalized spacial score (nSPS) is 23.2. The first-order chi connectivity index (χ1) is 7.54. The molecule has 0 aromatic rings. The highest BCUT2D eigenvalue weighted by Crippen LogP contribution is 2.23. The summed E-state index contributed by atoms with van der Waals surface area (Å²) in [6.07, 6.45) is 4.40. The van der Waals surface area contributed by atoms with Gasteiger partial charge >= 0.3 is 0 Å². The number of halogens is 1. The number of hydrogen-bond acceptors (Lipinski definition) is 1. The Bertz CT molecular complexity index is 230. The number of alkyl halides is 1. The number of hydrogen-bond donors (Lipinski definition) is 0. The molecule has 0 aromatic carbocycles. The molecule has 1 aliphatic rings.